The number of guanidine groups is 1. The highest BCUT2D eigenvalue weighted by atomic mass is 35.5. The van der Waals surface area contributed by atoms with Crippen molar-refractivity contribution in [2.75, 3.05) is 34.2 Å². The van der Waals surface area contributed by atoms with Gasteiger partial charge < -0.3 is 15.1 Å². The van der Waals surface area contributed by atoms with Crippen LogP contribution < -0.4 is 5.32 Å². The number of rotatable bonds is 6. The summed E-state index contributed by atoms with van der Waals surface area (Å²) in [4.78, 5) is 19.6. The summed E-state index contributed by atoms with van der Waals surface area (Å²) in [7, 11) is 5.37. The van der Waals surface area contributed by atoms with Crippen molar-refractivity contribution in [3.63, 3.8) is 0 Å². The molecule has 0 unspecified atom stereocenters. The highest BCUT2D eigenvalue weighted by molar-refractivity contribution is 6.30. The van der Waals surface area contributed by atoms with Crippen molar-refractivity contribution in [3.8, 4) is 0 Å². The second kappa shape index (κ2) is 9.20. The van der Waals surface area contributed by atoms with Crippen LogP contribution in [0.4, 0.5) is 0 Å². The van der Waals surface area contributed by atoms with Crippen molar-refractivity contribution in [1.29, 1.82) is 0 Å². The van der Waals surface area contributed by atoms with Gasteiger partial charge in [0.1, 0.15) is 6.54 Å². The Morgan fingerprint density at radius 3 is 2.39 bits per heavy atom. The fraction of sp³-hybridized carbons (Fsp3) is 0.412. The molecule has 0 atom stereocenters. The van der Waals surface area contributed by atoms with Crippen LogP contribution in [0.15, 0.2) is 41.4 Å². The average Bonchev–Trinajstić information content (AvgIpc) is 2.48. The van der Waals surface area contributed by atoms with Gasteiger partial charge in [0.05, 0.1) is 0 Å². The number of amides is 1. The van der Waals surface area contributed by atoms with E-state index in [1.807, 2.05) is 43.1 Å². The van der Waals surface area contributed by atoms with Crippen LogP contribution in [-0.4, -0.2) is 55.9 Å². The fourth-order valence-electron chi connectivity index (χ4n) is 1.76. The van der Waals surface area contributed by atoms with E-state index in [9.17, 15) is 4.79 Å². The summed E-state index contributed by atoms with van der Waals surface area (Å²) in [5.41, 5.74) is 2.11. The van der Waals surface area contributed by atoms with Crippen LogP contribution in [0, 0.1) is 0 Å². The highest BCUT2D eigenvalue weighted by Gasteiger charge is 2.09. The van der Waals surface area contributed by atoms with Gasteiger partial charge in [-0.25, -0.2) is 4.99 Å². The molecule has 0 aromatic heterocycles. The summed E-state index contributed by atoms with van der Waals surface area (Å²) in [5.74, 6) is 0.623. The minimum absolute atomic E-state index is 0.0421. The first-order chi connectivity index (χ1) is 10.8. The molecule has 1 amide bonds. The zero-order valence-electron chi connectivity index (χ0n) is 14.3. The first-order valence-corrected chi connectivity index (χ1v) is 7.76. The molecule has 1 N–H and O–H groups in total. The van der Waals surface area contributed by atoms with Crippen LogP contribution in [0.5, 0.6) is 0 Å². The molecule has 23 heavy (non-hydrogen) atoms. The molecule has 0 fully saturated rings. The minimum Gasteiger partial charge on any atom is -0.353 e. The molecule has 126 valence electrons. The lowest BCUT2D eigenvalue weighted by Crippen LogP contribution is -2.40. The Balaban J connectivity index is 2.79. The van der Waals surface area contributed by atoms with E-state index in [0.29, 0.717) is 24.1 Å². The van der Waals surface area contributed by atoms with Crippen molar-refractivity contribution in [2.24, 2.45) is 4.99 Å². The van der Waals surface area contributed by atoms with E-state index >= 15 is 0 Å². The van der Waals surface area contributed by atoms with Gasteiger partial charge in [-0.15, -0.1) is 0 Å². The van der Waals surface area contributed by atoms with Crippen LogP contribution in [0.3, 0.4) is 0 Å². The number of hydrogen-bond acceptors (Lipinski definition) is 2. The number of likely N-dealkylation sites (N-methyl/N-ethyl adjacent to an activating group) is 1. The Labute approximate surface area is 143 Å². The smallest absolute Gasteiger partial charge is 0.243 e. The Morgan fingerprint density at radius 1 is 1.26 bits per heavy atom. The first kappa shape index (κ1) is 19.0. The highest BCUT2D eigenvalue weighted by Crippen LogP contribution is 2.11. The Kier molecular flexibility index (Phi) is 7.62. The van der Waals surface area contributed by atoms with Gasteiger partial charge in [0.15, 0.2) is 5.96 Å². The van der Waals surface area contributed by atoms with Gasteiger partial charge in [-0.2, -0.15) is 0 Å². The van der Waals surface area contributed by atoms with Gasteiger partial charge in [-0.3, -0.25) is 4.79 Å². The molecule has 5 nitrogen and oxygen atoms in total. The molecule has 0 saturated heterocycles. The van der Waals surface area contributed by atoms with Crippen molar-refractivity contribution in [3.05, 3.63) is 47.0 Å². The number of nitrogens with one attached hydrogen (secondary N) is 1. The second-order valence-corrected chi connectivity index (χ2v) is 6.16. The number of carbonyl (C=O) groups excluding carboxylic acids is 1. The molecule has 6 heteroatoms. The molecule has 0 heterocycles. The van der Waals surface area contributed by atoms with Crippen LogP contribution >= 0.6 is 11.6 Å². The monoisotopic (exact) mass is 336 g/mol. The van der Waals surface area contributed by atoms with Gasteiger partial charge in [-0.05, 0) is 24.6 Å². The van der Waals surface area contributed by atoms with Crippen LogP contribution in [0.2, 0.25) is 5.02 Å². The molecular weight excluding hydrogens is 312 g/mol. The Hall–Kier alpha value is -2.01. The van der Waals surface area contributed by atoms with Gasteiger partial charge in [0.25, 0.3) is 0 Å². The molecule has 0 aliphatic carbocycles. The molecule has 0 radical (unpaired) electrons. The third-order valence-corrected chi connectivity index (χ3v) is 3.36. The molecule has 0 aliphatic heterocycles. The van der Waals surface area contributed by atoms with Crippen LogP contribution in [0.1, 0.15) is 12.5 Å². The SMILES string of the molecule is C=C(C)CNC(=NCC(=O)N(C)C)N(C)Cc1ccc(Cl)cc1. The maximum atomic E-state index is 11.7. The first-order valence-electron chi connectivity index (χ1n) is 7.38. The molecule has 0 aliphatic rings. The number of carbonyl (C=O) groups is 1. The van der Waals surface area contributed by atoms with E-state index in [1.165, 1.54) is 4.90 Å². The molecule has 1 aromatic rings. The summed E-state index contributed by atoms with van der Waals surface area (Å²) >= 11 is 5.91. The maximum Gasteiger partial charge on any atom is 0.243 e. The standard InChI is InChI=1S/C17H25ClN4O/c1-13(2)10-19-17(20-11-16(23)21(3)4)22(5)12-14-6-8-15(18)9-7-14/h6-9H,1,10-12H2,2-5H3,(H,19,20). The van der Waals surface area contributed by atoms with Crippen molar-refractivity contribution >= 4 is 23.5 Å². The van der Waals surface area contributed by atoms with Gasteiger partial charge in [0.2, 0.25) is 5.91 Å². The van der Waals surface area contributed by atoms with E-state index in [4.69, 9.17) is 11.6 Å². The molecular formula is C17H25ClN4O. The second-order valence-electron chi connectivity index (χ2n) is 5.72. The van der Waals surface area contributed by atoms with Crippen molar-refractivity contribution in [1.82, 2.24) is 15.1 Å². The third-order valence-electron chi connectivity index (χ3n) is 3.11. The van der Waals surface area contributed by atoms with Crippen LogP contribution in [-0.2, 0) is 11.3 Å². The zero-order valence-corrected chi connectivity index (χ0v) is 15.0. The van der Waals surface area contributed by atoms with Gasteiger partial charge >= 0.3 is 0 Å². The Bertz CT molecular complexity index is 566. The average molecular weight is 337 g/mol. The van der Waals surface area contributed by atoms with Crippen LogP contribution in [0.25, 0.3) is 0 Å². The minimum atomic E-state index is -0.0421. The van der Waals surface area contributed by atoms with E-state index in [1.54, 1.807) is 14.1 Å². The predicted molar refractivity (Wildman–Crippen MR) is 96.7 cm³/mol. The lowest BCUT2D eigenvalue weighted by Gasteiger charge is -2.23. The summed E-state index contributed by atoms with van der Waals surface area (Å²) in [6.45, 7) is 7.20. The van der Waals surface area contributed by atoms with Gasteiger partial charge in [0, 0.05) is 39.3 Å². The third kappa shape index (κ3) is 7.19. The molecule has 0 bridgehead atoms. The molecule has 0 saturated carbocycles. The lowest BCUT2D eigenvalue weighted by atomic mass is 10.2. The number of aliphatic imine (C=N–C) groups is 1. The Morgan fingerprint density at radius 2 is 1.87 bits per heavy atom. The van der Waals surface area contributed by atoms with E-state index in [-0.39, 0.29) is 12.5 Å². The quantitative estimate of drug-likeness (QED) is 0.493. The number of nitrogens with zero attached hydrogens (tertiary/aromatic N) is 3. The maximum absolute atomic E-state index is 11.7. The fourth-order valence-corrected chi connectivity index (χ4v) is 1.89. The van der Waals surface area contributed by atoms with Crippen molar-refractivity contribution < 1.29 is 4.79 Å². The number of halogens is 1. The van der Waals surface area contributed by atoms with E-state index < -0.39 is 0 Å². The predicted octanol–water partition coefficient (Wildman–Crippen LogP) is 2.38. The zero-order chi connectivity index (χ0) is 17.4. The summed E-state index contributed by atoms with van der Waals surface area (Å²) in [6.07, 6.45) is 0. The lowest BCUT2D eigenvalue weighted by molar-refractivity contribution is -0.127. The normalized spacial score (nSPS) is 11.1. The topological polar surface area (TPSA) is 47.9 Å². The largest absolute Gasteiger partial charge is 0.353 e. The molecule has 1 aromatic carbocycles. The number of benzene rings is 1. The van der Waals surface area contributed by atoms with E-state index in [2.05, 4.69) is 16.9 Å². The van der Waals surface area contributed by atoms with E-state index in [0.717, 1.165) is 11.1 Å². The molecule has 0 spiro atoms. The summed E-state index contributed by atoms with van der Waals surface area (Å²) < 4.78 is 0. The van der Waals surface area contributed by atoms with Crippen molar-refractivity contribution in [2.45, 2.75) is 13.5 Å². The molecule has 1 rings (SSSR count). The van der Waals surface area contributed by atoms with Gasteiger partial charge in [-0.1, -0.05) is 35.9 Å². The summed E-state index contributed by atoms with van der Waals surface area (Å²) in [6, 6.07) is 7.66. The summed E-state index contributed by atoms with van der Waals surface area (Å²) in [5, 5.41) is 3.93. The number of hydrogen-bond donors (Lipinski definition) is 1.